The standard InChI is InChI=1S/C16H19FN2/c1-11-9-13(7-8-15(11)17)16(19(2)3)12-5-4-6-14(18)10-12/h4-10,16H,18H2,1-3H3. The first kappa shape index (κ1) is 13.6. The van der Waals surface area contributed by atoms with Crippen molar-refractivity contribution in [3.8, 4) is 0 Å². The average molecular weight is 258 g/mol. The zero-order valence-electron chi connectivity index (χ0n) is 11.5. The van der Waals surface area contributed by atoms with Crippen LogP contribution in [0.4, 0.5) is 10.1 Å². The molecule has 100 valence electrons. The van der Waals surface area contributed by atoms with Gasteiger partial charge in [-0.25, -0.2) is 4.39 Å². The van der Waals surface area contributed by atoms with E-state index in [1.807, 2.05) is 50.5 Å². The SMILES string of the molecule is Cc1cc(C(c2cccc(N)c2)N(C)C)ccc1F. The minimum absolute atomic E-state index is 0.0720. The second kappa shape index (κ2) is 5.41. The van der Waals surface area contributed by atoms with Crippen molar-refractivity contribution in [2.75, 3.05) is 19.8 Å². The van der Waals surface area contributed by atoms with Gasteiger partial charge in [-0.05, 0) is 55.9 Å². The topological polar surface area (TPSA) is 29.3 Å². The molecule has 0 bridgehead atoms. The second-order valence-electron chi connectivity index (χ2n) is 5.04. The normalized spacial score (nSPS) is 12.7. The molecule has 0 aromatic heterocycles. The number of rotatable bonds is 3. The first-order valence-electron chi connectivity index (χ1n) is 6.27. The lowest BCUT2D eigenvalue weighted by Gasteiger charge is -2.26. The molecule has 1 unspecified atom stereocenters. The van der Waals surface area contributed by atoms with Gasteiger partial charge in [0.2, 0.25) is 0 Å². The highest BCUT2D eigenvalue weighted by molar-refractivity contribution is 5.44. The van der Waals surface area contributed by atoms with E-state index in [1.54, 1.807) is 6.92 Å². The van der Waals surface area contributed by atoms with Crippen LogP contribution in [0.5, 0.6) is 0 Å². The minimum Gasteiger partial charge on any atom is -0.399 e. The Hall–Kier alpha value is -1.87. The van der Waals surface area contributed by atoms with E-state index in [2.05, 4.69) is 4.90 Å². The van der Waals surface area contributed by atoms with Crippen LogP contribution in [0.1, 0.15) is 22.7 Å². The van der Waals surface area contributed by atoms with E-state index in [1.165, 1.54) is 6.07 Å². The van der Waals surface area contributed by atoms with E-state index in [9.17, 15) is 4.39 Å². The predicted molar refractivity (Wildman–Crippen MR) is 77.5 cm³/mol. The number of nitrogen functional groups attached to an aromatic ring is 1. The fourth-order valence-electron chi connectivity index (χ4n) is 2.36. The monoisotopic (exact) mass is 258 g/mol. The summed E-state index contributed by atoms with van der Waals surface area (Å²) in [6, 6.07) is 13.1. The van der Waals surface area contributed by atoms with Gasteiger partial charge in [0.15, 0.2) is 0 Å². The fraction of sp³-hybridized carbons (Fsp3) is 0.250. The van der Waals surface area contributed by atoms with E-state index in [0.717, 1.165) is 16.8 Å². The molecule has 1 atom stereocenters. The van der Waals surface area contributed by atoms with Crippen LogP contribution in [0.2, 0.25) is 0 Å². The van der Waals surface area contributed by atoms with Gasteiger partial charge in [-0.2, -0.15) is 0 Å². The highest BCUT2D eigenvalue weighted by Gasteiger charge is 2.17. The third-order valence-corrected chi connectivity index (χ3v) is 3.24. The average Bonchev–Trinajstić information content (AvgIpc) is 2.33. The quantitative estimate of drug-likeness (QED) is 0.855. The molecule has 0 radical (unpaired) electrons. The van der Waals surface area contributed by atoms with Crippen molar-refractivity contribution < 1.29 is 4.39 Å². The molecule has 0 aliphatic rings. The maximum Gasteiger partial charge on any atom is 0.126 e. The smallest absolute Gasteiger partial charge is 0.126 e. The molecule has 19 heavy (non-hydrogen) atoms. The van der Waals surface area contributed by atoms with Crippen LogP contribution in [-0.4, -0.2) is 19.0 Å². The van der Waals surface area contributed by atoms with Crippen molar-refractivity contribution in [2.24, 2.45) is 0 Å². The Bertz CT molecular complexity index is 579. The van der Waals surface area contributed by atoms with Gasteiger partial charge in [-0.3, -0.25) is 4.90 Å². The molecule has 0 amide bonds. The summed E-state index contributed by atoms with van der Waals surface area (Å²) < 4.78 is 13.4. The number of nitrogens with zero attached hydrogens (tertiary/aromatic N) is 1. The molecule has 0 aliphatic carbocycles. The number of hydrogen-bond donors (Lipinski definition) is 1. The van der Waals surface area contributed by atoms with E-state index < -0.39 is 0 Å². The lowest BCUT2D eigenvalue weighted by molar-refractivity contribution is 0.342. The molecular weight excluding hydrogens is 239 g/mol. The Morgan fingerprint density at radius 2 is 1.74 bits per heavy atom. The fourth-order valence-corrected chi connectivity index (χ4v) is 2.36. The summed E-state index contributed by atoms with van der Waals surface area (Å²) in [5.41, 5.74) is 9.42. The van der Waals surface area contributed by atoms with Crippen molar-refractivity contribution in [3.63, 3.8) is 0 Å². The lowest BCUT2D eigenvalue weighted by atomic mass is 9.96. The molecular formula is C16H19FN2. The van der Waals surface area contributed by atoms with Gasteiger partial charge in [0.25, 0.3) is 0 Å². The van der Waals surface area contributed by atoms with Crippen molar-refractivity contribution in [3.05, 3.63) is 65.0 Å². The van der Waals surface area contributed by atoms with Crippen LogP contribution in [0.15, 0.2) is 42.5 Å². The van der Waals surface area contributed by atoms with Crippen LogP contribution in [0.3, 0.4) is 0 Å². The summed E-state index contributed by atoms with van der Waals surface area (Å²) in [4.78, 5) is 2.10. The molecule has 2 aromatic rings. The molecule has 0 spiro atoms. The molecule has 2 N–H and O–H groups in total. The maximum absolute atomic E-state index is 13.4. The molecule has 0 heterocycles. The molecule has 0 saturated heterocycles. The van der Waals surface area contributed by atoms with Crippen molar-refractivity contribution in [2.45, 2.75) is 13.0 Å². The third-order valence-electron chi connectivity index (χ3n) is 3.24. The van der Waals surface area contributed by atoms with Gasteiger partial charge in [0.1, 0.15) is 5.82 Å². The summed E-state index contributed by atoms with van der Waals surface area (Å²) in [5, 5.41) is 0. The van der Waals surface area contributed by atoms with E-state index in [-0.39, 0.29) is 11.9 Å². The minimum atomic E-state index is -0.172. The van der Waals surface area contributed by atoms with E-state index >= 15 is 0 Å². The summed E-state index contributed by atoms with van der Waals surface area (Å²) in [6.07, 6.45) is 0. The Morgan fingerprint density at radius 1 is 1.05 bits per heavy atom. The molecule has 2 aromatic carbocycles. The van der Waals surface area contributed by atoms with Gasteiger partial charge < -0.3 is 5.73 Å². The van der Waals surface area contributed by atoms with Gasteiger partial charge >= 0.3 is 0 Å². The largest absolute Gasteiger partial charge is 0.399 e. The molecule has 0 aliphatic heterocycles. The summed E-state index contributed by atoms with van der Waals surface area (Å²) in [7, 11) is 4.01. The first-order chi connectivity index (χ1) is 8.99. The summed E-state index contributed by atoms with van der Waals surface area (Å²) in [5.74, 6) is -0.172. The van der Waals surface area contributed by atoms with Gasteiger partial charge in [-0.15, -0.1) is 0 Å². The Kier molecular flexibility index (Phi) is 3.86. The summed E-state index contributed by atoms with van der Waals surface area (Å²) >= 11 is 0. The van der Waals surface area contributed by atoms with Crippen LogP contribution in [0.25, 0.3) is 0 Å². The van der Waals surface area contributed by atoms with Crippen molar-refractivity contribution in [1.29, 1.82) is 0 Å². The molecule has 3 heteroatoms. The number of benzene rings is 2. The molecule has 0 saturated carbocycles. The van der Waals surface area contributed by atoms with Gasteiger partial charge in [0, 0.05) is 5.69 Å². The number of hydrogen-bond acceptors (Lipinski definition) is 2. The first-order valence-corrected chi connectivity index (χ1v) is 6.27. The van der Waals surface area contributed by atoms with Crippen LogP contribution in [0, 0.1) is 12.7 Å². The number of aryl methyl sites for hydroxylation is 1. The Morgan fingerprint density at radius 3 is 2.32 bits per heavy atom. The van der Waals surface area contributed by atoms with Crippen molar-refractivity contribution >= 4 is 5.69 Å². The maximum atomic E-state index is 13.4. The number of halogens is 1. The lowest BCUT2D eigenvalue weighted by Crippen LogP contribution is -2.21. The third kappa shape index (κ3) is 2.93. The second-order valence-corrected chi connectivity index (χ2v) is 5.04. The zero-order chi connectivity index (χ0) is 14.0. The molecule has 0 fully saturated rings. The van der Waals surface area contributed by atoms with E-state index in [4.69, 9.17) is 5.73 Å². The highest BCUT2D eigenvalue weighted by atomic mass is 19.1. The van der Waals surface area contributed by atoms with Gasteiger partial charge in [0.05, 0.1) is 6.04 Å². The molecule has 2 nitrogen and oxygen atoms in total. The Balaban J connectivity index is 2.48. The van der Waals surface area contributed by atoms with Crippen LogP contribution in [-0.2, 0) is 0 Å². The summed E-state index contributed by atoms with van der Waals surface area (Å²) in [6.45, 7) is 1.78. The van der Waals surface area contributed by atoms with Gasteiger partial charge in [-0.1, -0.05) is 24.3 Å². The van der Waals surface area contributed by atoms with Crippen LogP contribution < -0.4 is 5.73 Å². The zero-order valence-corrected chi connectivity index (χ0v) is 11.5. The molecule has 2 rings (SSSR count). The predicted octanol–water partition coefficient (Wildman–Crippen LogP) is 3.37. The highest BCUT2D eigenvalue weighted by Crippen LogP contribution is 2.28. The van der Waals surface area contributed by atoms with E-state index in [0.29, 0.717) is 5.56 Å². The van der Waals surface area contributed by atoms with Crippen LogP contribution >= 0.6 is 0 Å². The number of anilines is 1. The van der Waals surface area contributed by atoms with Crippen molar-refractivity contribution in [1.82, 2.24) is 4.90 Å². The number of nitrogens with two attached hydrogens (primary N) is 1. The Labute approximate surface area is 113 Å².